The highest BCUT2D eigenvalue weighted by molar-refractivity contribution is 5.75. The van der Waals surface area contributed by atoms with Gasteiger partial charge in [-0.25, -0.2) is 0 Å². The Morgan fingerprint density at radius 1 is 1.57 bits per heavy atom. The Bertz CT molecular complexity index is 211. The van der Waals surface area contributed by atoms with Crippen LogP contribution in [0, 0.1) is 0 Å². The van der Waals surface area contributed by atoms with Crippen LogP contribution in [0.15, 0.2) is 0 Å². The van der Waals surface area contributed by atoms with Gasteiger partial charge in [-0.05, 0) is 0 Å². The summed E-state index contributed by atoms with van der Waals surface area (Å²) in [4.78, 5) is 10.9. The molecule has 1 aliphatic heterocycles. The van der Waals surface area contributed by atoms with Crippen LogP contribution in [-0.4, -0.2) is 44.6 Å². The number of carbonyl (C=O) groups is 1. The molecule has 0 amide bonds. The van der Waals surface area contributed by atoms with E-state index in [1.165, 1.54) is 7.11 Å². The van der Waals surface area contributed by atoms with Crippen LogP contribution in [0.3, 0.4) is 0 Å². The third-order valence-corrected chi connectivity index (χ3v) is 1.86. The first-order chi connectivity index (χ1) is 6.45. The Morgan fingerprint density at radius 3 is 2.57 bits per heavy atom. The summed E-state index contributed by atoms with van der Waals surface area (Å²) >= 11 is 0. The zero-order valence-electron chi connectivity index (χ0n) is 7.43. The minimum Gasteiger partial charge on any atom is -0.468 e. The van der Waals surface area contributed by atoms with Gasteiger partial charge in [0.1, 0.15) is 6.04 Å². The molecule has 0 aromatic heterocycles. The molecule has 1 N–H and O–H groups in total. The maximum absolute atomic E-state index is 12.1. The van der Waals surface area contributed by atoms with Gasteiger partial charge in [-0.2, -0.15) is 13.2 Å². The number of morpholine rings is 1. The van der Waals surface area contributed by atoms with E-state index < -0.39 is 30.8 Å². The number of alkyl halides is 3. The van der Waals surface area contributed by atoms with Crippen LogP contribution in [-0.2, 0) is 14.3 Å². The minimum absolute atomic E-state index is 0.323. The standard InChI is InChI=1S/C7H10F3NO3/c1-13-6(12)4-3-14-5(2-11-4)7(8,9)10/h4-5,11H,2-3H2,1H3. The largest absolute Gasteiger partial charge is 0.468 e. The molecule has 1 fully saturated rings. The summed E-state index contributed by atoms with van der Waals surface area (Å²) in [5.41, 5.74) is 0. The zero-order chi connectivity index (χ0) is 10.8. The van der Waals surface area contributed by atoms with Gasteiger partial charge in [-0.3, -0.25) is 10.1 Å². The third kappa shape index (κ3) is 2.58. The molecule has 82 valence electrons. The first kappa shape index (κ1) is 11.3. The highest BCUT2D eigenvalue weighted by Gasteiger charge is 2.44. The van der Waals surface area contributed by atoms with E-state index in [1.54, 1.807) is 0 Å². The summed E-state index contributed by atoms with van der Waals surface area (Å²) in [7, 11) is 1.17. The molecule has 7 heteroatoms. The minimum atomic E-state index is -4.39. The summed E-state index contributed by atoms with van der Waals surface area (Å²) < 4.78 is 45.0. The molecule has 0 bridgehead atoms. The van der Waals surface area contributed by atoms with Crippen LogP contribution >= 0.6 is 0 Å². The second kappa shape index (κ2) is 4.14. The van der Waals surface area contributed by atoms with E-state index >= 15 is 0 Å². The van der Waals surface area contributed by atoms with Gasteiger partial charge in [0.05, 0.1) is 13.7 Å². The normalized spacial score (nSPS) is 28.6. The lowest BCUT2D eigenvalue weighted by molar-refractivity contribution is -0.230. The molecule has 14 heavy (non-hydrogen) atoms. The van der Waals surface area contributed by atoms with Crippen molar-refractivity contribution < 1.29 is 27.4 Å². The predicted octanol–water partition coefficient (Wildman–Crippen LogP) is 0.0787. The first-order valence-corrected chi connectivity index (χ1v) is 3.94. The summed E-state index contributed by atoms with van der Waals surface area (Å²) in [6.07, 6.45) is -6.24. The number of hydrogen-bond acceptors (Lipinski definition) is 4. The van der Waals surface area contributed by atoms with Crippen LogP contribution < -0.4 is 5.32 Å². The molecule has 0 aliphatic carbocycles. The lowest BCUT2D eigenvalue weighted by Gasteiger charge is -2.29. The van der Waals surface area contributed by atoms with E-state index in [1.807, 2.05) is 0 Å². The molecular weight excluding hydrogens is 203 g/mol. The van der Waals surface area contributed by atoms with Gasteiger partial charge in [0.25, 0.3) is 0 Å². The van der Waals surface area contributed by atoms with E-state index in [2.05, 4.69) is 14.8 Å². The van der Waals surface area contributed by atoms with E-state index in [0.29, 0.717) is 0 Å². The average Bonchev–Trinajstić information content (AvgIpc) is 2.15. The second-order valence-corrected chi connectivity index (χ2v) is 2.85. The number of methoxy groups -OCH3 is 1. The molecule has 0 radical (unpaired) electrons. The van der Waals surface area contributed by atoms with Crippen LogP contribution in [0.5, 0.6) is 0 Å². The van der Waals surface area contributed by atoms with E-state index in [-0.39, 0.29) is 6.61 Å². The van der Waals surface area contributed by atoms with E-state index in [4.69, 9.17) is 0 Å². The molecule has 4 nitrogen and oxygen atoms in total. The number of nitrogens with one attached hydrogen (secondary N) is 1. The van der Waals surface area contributed by atoms with Gasteiger partial charge in [0.15, 0.2) is 6.10 Å². The molecule has 0 saturated carbocycles. The van der Waals surface area contributed by atoms with Crippen molar-refractivity contribution in [1.82, 2.24) is 5.32 Å². The summed E-state index contributed by atoms with van der Waals surface area (Å²) in [5, 5.41) is 2.41. The van der Waals surface area contributed by atoms with Crippen molar-refractivity contribution in [2.45, 2.75) is 18.3 Å². The van der Waals surface area contributed by atoms with Gasteiger partial charge >= 0.3 is 12.1 Å². The Morgan fingerprint density at radius 2 is 2.21 bits per heavy atom. The van der Waals surface area contributed by atoms with Crippen molar-refractivity contribution in [3.63, 3.8) is 0 Å². The Labute approximate surface area is 78.4 Å². The maximum Gasteiger partial charge on any atom is 0.415 e. The molecule has 1 rings (SSSR count). The first-order valence-electron chi connectivity index (χ1n) is 3.94. The molecule has 0 aromatic rings. The Hall–Kier alpha value is -0.820. The van der Waals surface area contributed by atoms with Gasteiger partial charge < -0.3 is 9.47 Å². The number of carbonyl (C=O) groups excluding carboxylic acids is 1. The van der Waals surface area contributed by atoms with E-state index in [0.717, 1.165) is 0 Å². The number of rotatable bonds is 1. The van der Waals surface area contributed by atoms with Gasteiger partial charge in [0, 0.05) is 6.54 Å². The average molecular weight is 213 g/mol. The fraction of sp³-hybridized carbons (Fsp3) is 0.857. The number of hydrogen-bond donors (Lipinski definition) is 1. The fourth-order valence-corrected chi connectivity index (χ4v) is 1.08. The maximum atomic E-state index is 12.1. The quantitative estimate of drug-likeness (QED) is 0.626. The van der Waals surface area contributed by atoms with Gasteiger partial charge in [-0.15, -0.1) is 0 Å². The molecule has 2 atom stereocenters. The predicted molar refractivity (Wildman–Crippen MR) is 39.6 cm³/mol. The van der Waals surface area contributed by atoms with Crippen molar-refractivity contribution in [3.8, 4) is 0 Å². The SMILES string of the molecule is COC(=O)C1COC(C(F)(F)F)CN1. The lowest BCUT2D eigenvalue weighted by atomic mass is 10.2. The molecule has 1 saturated heterocycles. The topological polar surface area (TPSA) is 47.6 Å². The summed E-state index contributed by atoms with van der Waals surface area (Å²) in [6.45, 7) is -0.750. The smallest absolute Gasteiger partial charge is 0.415 e. The fourth-order valence-electron chi connectivity index (χ4n) is 1.08. The molecule has 0 aromatic carbocycles. The second-order valence-electron chi connectivity index (χ2n) is 2.85. The van der Waals surface area contributed by atoms with Crippen LogP contribution in [0.2, 0.25) is 0 Å². The molecular formula is C7H10F3NO3. The zero-order valence-corrected chi connectivity index (χ0v) is 7.43. The Balaban J connectivity index is 2.43. The highest BCUT2D eigenvalue weighted by atomic mass is 19.4. The molecule has 2 unspecified atom stereocenters. The highest BCUT2D eigenvalue weighted by Crippen LogP contribution is 2.24. The number of esters is 1. The summed E-state index contributed by atoms with van der Waals surface area (Å²) in [6, 6.07) is -0.807. The third-order valence-electron chi connectivity index (χ3n) is 1.86. The number of ether oxygens (including phenoxy) is 2. The van der Waals surface area contributed by atoms with Crippen LogP contribution in [0.25, 0.3) is 0 Å². The molecule has 0 spiro atoms. The Kier molecular flexibility index (Phi) is 3.33. The molecule has 1 aliphatic rings. The van der Waals surface area contributed by atoms with Crippen LogP contribution in [0.4, 0.5) is 13.2 Å². The molecule has 1 heterocycles. The number of halogens is 3. The monoisotopic (exact) mass is 213 g/mol. The van der Waals surface area contributed by atoms with Crippen molar-refractivity contribution >= 4 is 5.97 Å². The van der Waals surface area contributed by atoms with Gasteiger partial charge in [-0.1, -0.05) is 0 Å². The van der Waals surface area contributed by atoms with Crippen molar-refractivity contribution in [1.29, 1.82) is 0 Å². The summed E-state index contributed by atoms with van der Waals surface area (Å²) in [5.74, 6) is -0.620. The van der Waals surface area contributed by atoms with Crippen molar-refractivity contribution in [2.24, 2.45) is 0 Å². The van der Waals surface area contributed by atoms with Crippen LogP contribution in [0.1, 0.15) is 0 Å². The van der Waals surface area contributed by atoms with Crippen molar-refractivity contribution in [3.05, 3.63) is 0 Å². The van der Waals surface area contributed by atoms with E-state index in [9.17, 15) is 18.0 Å². The van der Waals surface area contributed by atoms with Gasteiger partial charge in [0.2, 0.25) is 0 Å². The van der Waals surface area contributed by atoms with Crippen molar-refractivity contribution in [2.75, 3.05) is 20.3 Å². The lowest BCUT2D eigenvalue weighted by Crippen LogP contribution is -2.54.